The van der Waals surface area contributed by atoms with Gasteiger partial charge in [-0.3, -0.25) is 0 Å². The average Bonchev–Trinajstić information content (AvgIpc) is 3.27. The molecular weight excluding hydrogens is 260 g/mol. The predicted octanol–water partition coefficient (Wildman–Crippen LogP) is 3.79. The van der Waals surface area contributed by atoms with Gasteiger partial charge < -0.3 is 10.2 Å². The molecule has 0 spiro atoms. The Balaban J connectivity index is 2.31. The van der Waals surface area contributed by atoms with Crippen molar-refractivity contribution in [3.63, 3.8) is 0 Å². The lowest BCUT2D eigenvalue weighted by Gasteiger charge is -2.27. The van der Waals surface area contributed by atoms with Crippen LogP contribution in [0.2, 0.25) is 0 Å². The van der Waals surface area contributed by atoms with Crippen LogP contribution >= 0.6 is 0 Å². The Kier molecular flexibility index (Phi) is 5.43. The molecule has 0 aromatic carbocycles. The zero-order valence-corrected chi connectivity index (χ0v) is 14.2. The standard InChI is InChI=1S/C17H30N4/c1-6-15-19-16(18-7-2)13(5)17(20-15)21(14-8-9-14)11-10-12(3)4/h12,14H,6-11H2,1-5H3,(H,18,19,20). The number of rotatable bonds is 8. The third-order valence-electron chi connectivity index (χ3n) is 4.03. The van der Waals surface area contributed by atoms with Crippen molar-refractivity contribution in [2.24, 2.45) is 5.92 Å². The first-order chi connectivity index (χ1) is 10.1. The van der Waals surface area contributed by atoms with Gasteiger partial charge in [0.1, 0.15) is 17.5 Å². The lowest BCUT2D eigenvalue weighted by Crippen LogP contribution is -2.30. The lowest BCUT2D eigenvalue weighted by molar-refractivity contribution is 0.567. The van der Waals surface area contributed by atoms with Crippen LogP contribution in [-0.2, 0) is 6.42 Å². The molecule has 1 heterocycles. The highest BCUT2D eigenvalue weighted by Crippen LogP contribution is 2.34. The quantitative estimate of drug-likeness (QED) is 0.791. The molecule has 0 atom stereocenters. The van der Waals surface area contributed by atoms with Gasteiger partial charge in [0.15, 0.2) is 0 Å². The van der Waals surface area contributed by atoms with Crippen molar-refractivity contribution in [2.45, 2.75) is 66.3 Å². The second-order valence-electron chi connectivity index (χ2n) is 6.43. The topological polar surface area (TPSA) is 41.1 Å². The molecule has 4 heteroatoms. The van der Waals surface area contributed by atoms with Gasteiger partial charge in [-0.05, 0) is 39.0 Å². The maximum Gasteiger partial charge on any atom is 0.137 e. The van der Waals surface area contributed by atoms with Crippen molar-refractivity contribution < 1.29 is 0 Å². The number of nitrogens with one attached hydrogen (secondary N) is 1. The molecule has 1 aromatic heterocycles. The minimum atomic E-state index is 0.691. The summed E-state index contributed by atoms with van der Waals surface area (Å²) in [6.07, 6.45) is 4.71. The summed E-state index contributed by atoms with van der Waals surface area (Å²) in [7, 11) is 0. The highest BCUT2D eigenvalue weighted by Gasteiger charge is 2.31. The van der Waals surface area contributed by atoms with Crippen molar-refractivity contribution in [3.05, 3.63) is 11.4 Å². The Morgan fingerprint density at radius 1 is 1.24 bits per heavy atom. The van der Waals surface area contributed by atoms with Crippen LogP contribution < -0.4 is 10.2 Å². The summed E-state index contributed by atoms with van der Waals surface area (Å²) in [6, 6.07) is 0.691. The van der Waals surface area contributed by atoms with E-state index in [4.69, 9.17) is 4.98 Å². The molecule has 0 unspecified atom stereocenters. The first-order valence-electron chi connectivity index (χ1n) is 8.44. The molecule has 0 radical (unpaired) electrons. The molecular formula is C17H30N4. The highest BCUT2D eigenvalue weighted by atomic mass is 15.2. The molecule has 1 fully saturated rings. The maximum atomic E-state index is 4.85. The summed E-state index contributed by atoms with van der Waals surface area (Å²) in [5.41, 5.74) is 1.20. The monoisotopic (exact) mass is 290 g/mol. The van der Waals surface area contributed by atoms with Crippen LogP contribution in [0, 0.1) is 12.8 Å². The van der Waals surface area contributed by atoms with Gasteiger partial charge in [-0.1, -0.05) is 20.8 Å². The first kappa shape index (κ1) is 16.1. The van der Waals surface area contributed by atoms with Crippen LogP contribution in [0.25, 0.3) is 0 Å². The second kappa shape index (κ2) is 7.10. The van der Waals surface area contributed by atoms with E-state index in [1.165, 1.54) is 24.8 Å². The summed E-state index contributed by atoms with van der Waals surface area (Å²) >= 11 is 0. The Morgan fingerprint density at radius 2 is 1.95 bits per heavy atom. The van der Waals surface area contributed by atoms with Gasteiger partial charge in [0.25, 0.3) is 0 Å². The minimum absolute atomic E-state index is 0.691. The van der Waals surface area contributed by atoms with Gasteiger partial charge in [-0.2, -0.15) is 0 Å². The highest BCUT2D eigenvalue weighted by molar-refractivity contribution is 5.59. The van der Waals surface area contributed by atoms with Crippen LogP contribution in [0.15, 0.2) is 0 Å². The second-order valence-corrected chi connectivity index (χ2v) is 6.43. The Labute approximate surface area is 129 Å². The summed E-state index contributed by atoms with van der Waals surface area (Å²) in [6.45, 7) is 13.0. The lowest BCUT2D eigenvalue weighted by atomic mass is 10.1. The normalized spacial score (nSPS) is 14.6. The minimum Gasteiger partial charge on any atom is -0.370 e. The third kappa shape index (κ3) is 4.08. The van der Waals surface area contributed by atoms with Gasteiger partial charge in [0, 0.05) is 31.1 Å². The van der Waals surface area contributed by atoms with E-state index in [2.05, 4.69) is 49.8 Å². The summed E-state index contributed by atoms with van der Waals surface area (Å²) in [5.74, 6) is 3.84. The molecule has 1 saturated carbocycles. The van der Waals surface area contributed by atoms with E-state index >= 15 is 0 Å². The van der Waals surface area contributed by atoms with Gasteiger partial charge in [-0.25, -0.2) is 9.97 Å². The van der Waals surface area contributed by atoms with E-state index in [1.54, 1.807) is 0 Å². The fourth-order valence-corrected chi connectivity index (χ4v) is 2.57. The number of hydrogen-bond acceptors (Lipinski definition) is 4. The Morgan fingerprint density at radius 3 is 2.48 bits per heavy atom. The zero-order chi connectivity index (χ0) is 15.4. The van der Waals surface area contributed by atoms with Crippen LogP contribution in [0.3, 0.4) is 0 Å². The molecule has 4 nitrogen and oxygen atoms in total. The van der Waals surface area contributed by atoms with Crippen LogP contribution in [0.1, 0.15) is 58.3 Å². The van der Waals surface area contributed by atoms with Crippen molar-refractivity contribution in [2.75, 3.05) is 23.3 Å². The number of nitrogens with zero attached hydrogens (tertiary/aromatic N) is 3. The van der Waals surface area contributed by atoms with Gasteiger partial charge >= 0.3 is 0 Å². The number of hydrogen-bond donors (Lipinski definition) is 1. The van der Waals surface area contributed by atoms with Crippen molar-refractivity contribution in [3.8, 4) is 0 Å². The van der Waals surface area contributed by atoms with E-state index in [0.717, 1.165) is 42.9 Å². The van der Waals surface area contributed by atoms with Crippen molar-refractivity contribution in [1.29, 1.82) is 0 Å². The molecule has 118 valence electrons. The van der Waals surface area contributed by atoms with E-state index in [-0.39, 0.29) is 0 Å². The van der Waals surface area contributed by atoms with Crippen LogP contribution in [0.5, 0.6) is 0 Å². The number of aromatic nitrogens is 2. The SMILES string of the molecule is CCNc1nc(CC)nc(N(CCC(C)C)C2CC2)c1C. The van der Waals surface area contributed by atoms with E-state index in [1.807, 2.05) is 0 Å². The fraction of sp³-hybridized carbons (Fsp3) is 0.765. The van der Waals surface area contributed by atoms with Crippen LogP contribution in [-0.4, -0.2) is 29.1 Å². The summed E-state index contributed by atoms with van der Waals surface area (Å²) in [5, 5.41) is 3.39. The number of aryl methyl sites for hydroxylation is 1. The summed E-state index contributed by atoms with van der Waals surface area (Å²) < 4.78 is 0. The molecule has 1 aliphatic rings. The zero-order valence-electron chi connectivity index (χ0n) is 14.2. The predicted molar refractivity (Wildman–Crippen MR) is 90.1 cm³/mol. The smallest absolute Gasteiger partial charge is 0.137 e. The first-order valence-corrected chi connectivity index (χ1v) is 8.44. The number of anilines is 2. The van der Waals surface area contributed by atoms with E-state index in [9.17, 15) is 0 Å². The molecule has 1 aliphatic carbocycles. The summed E-state index contributed by atoms with van der Waals surface area (Å²) in [4.78, 5) is 12.0. The maximum absolute atomic E-state index is 4.85. The average molecular weight is 290 g/mol. The molecule has 0 bridgehead atoms. The molecule has 0 saturated heterocycles. The van der Waals surface area contributed by atoms with Crippen molar-refractivity contribution >= 4 is 11.6 Å². The molecule has 1 N–H and O–H groups in total. The molecule has 1 aromatic rings. The molecule has 0 aliphatic heterocycles. The largest absolute Gasteiger partial charge is 0.370 e. The van der Waals surface area contributed by atoms with Gasteiger partial charge in [0.05, 0.1) is 0 Å². The fourth-order valence-electron chi connectivity index (χ4n) is 2.57. The molecule has 21 heavy (non-hydrogen) atoms. The third-order valence-corrected chi connectivity index (χ3v) is 4.03. The van der Waals surface area contributed by atoms with Crippen molar-refractivity contribution in [1.82, 2.24) is 9.97 Å². The van der Waals surface area contributed by atoms with E-state index < -0.39 is 0 Å². The molecule has 0 amide bonds. The van der Waals surface area contributed by atoms with Crippen LogP contribution in [0.4, 0.5) is 11.6 Å². The van der Waals surface area contributed by atoms with Gasteiger partial charge in [-0.15, -0.1) is 0 Å². The Hall–Kier alpha value is -1.32. The Bertz CT molecular complexity index is 466. The van der Waals surface area contributed by atoms with Gasteiger partial charge in [0.2, 0.25) is 0 Å². The van der Waals surface area contributed by atoms with E-state index in [0.29, 0.717) is 6.04 Å². The molecule has 2 rings (SSSR count).